The predicted molar refractivity (Wildman–Crippen MR) is 65.5 cm³/mol. The average Bonchev–Trinajstić information content (AvgIpc) is 2.30. The molecule has 1 aliphatic rings. The molecule has 1 aliphatic heterocycles. The normalized spacial score (nSPS) is 23.7. The van der Waals surface area contributed by atoms with Crippen molar-refractivity contribution in [3.63, 3.8) is 0 Å². The Morgan fingerprint density at radius 1 is 1.33 bits per heavy atom. The van der Waals surface area contributed by atoms with E-state index in [2.05, 4.69) is 24.4 Å². The number of rotatable bonds is 2. The molecule has 2 heteroatoms. The van der Waals surface area contributed by atoms with Gasteiger partial charge in [0.25, 0.3) is 0 Å². The topological polar surface area (TPSA) is 12.0 Å². The van der Waals surface area contributed by atoms with Gasteiger partial charge in [0.15, 0.2) is 0 Å². The maximum Gasteiger partial charge on any atom is 0.0406 e. The zero-order valence-corrected chi connectivity index (χ0v) is 9.93. The van der Waals surface area contributed by atoms with Crippen LogP contribution in [0.5, 0.6) is 0 Å². The second-order valence-corrected chi connectivity index (χ2v) is 4.88. The third-order valence-corrected chi connectivity index (χ3v) is 3.69. The molecule has 1 saturated heterocycles. The highest BCUT2D eigenvalue weighted by Gasteiger charge is 2.20. The molecule has 1 fully saturated rings. The molecule has 0 amide bonds. The molecule has 0 radical (unpaired) electrons. The number of piperidine rings is 1. The summed E-state index contributed by atoms with van der Waals surface area (Å²) < 4.78 is 0. The van der Waals surface area contributed by atoms with E-state index in [0.717, 1.165) is 17.5 Å². The van der Waals surface area contributed by atoms with Gasteiger partial charge in [-0.2, -0.15) is 0 Å². The summed E-state index contributed by atoms with van der Waals surface area (Å²) in [5, 5.41) is 4.30. The number of halogens is 1. The summed E-state index contributed by atoms with van der Waals surface area (Å²) in [5.41, 5.74) is 1.41. The lowest BCUT2D eigenvalue weighted by atomic mass is 9.83. The van der Waals surface area contributed by atoms with Crippen molar-refractivity contribution >= 4 is 11.6 Å². The van der Waals surface area contributed by atoms with Crippen LogP contribution in [0.1, 0.15) is 31.2 Å². The molecule has 2 atom stereocenters. The van der Waals surface area contributed by atoms with E-state index in [1.807, 2.05) is 12.1 Å². The number of hydrogen-bond acceptors (Lipinski definition) is 1. The molecular weight excluding hydrogens is 206 g/mol. The van der Waals surface area contributed by atoms with Crippen LogP contribution in [0.2, 0.25) is 5.02 Å². The molecule has 1 heterocycles. The van der Waals surface area contributed by atoms with Gasteiger partial charge in [-0.1, -0.05) is 30.7 Å². The first-order chi connectivity index (χ1) is 7.27. The Hall–Kier alpha value is -0.530. The second kappa shape index (κ2) is 5.00. The highest BCUT2D eigenvalue weighted by molar-refractivity contribution is 6.30. The molecule has 82 valence electrons. The van der Waals surface area contributed by atoms with Crippen LogP contribution in [0.25, 0.3) is 0 Å². The maximum atomic E-state index is 5.89. The third-order valence-electron chi connectivity index (χ3n) is 3.44. The van der Waals surface area contributed by atoms with Crippen molar-refractivity contribution in [3.8, 4) is 0 Å². The van der Waals surface area contributed by atoms with Crippen molar-refractivity contribution in [2.75, 3.05) is 13.1 Å². The molecule has 0 aromatic heterocycles. The van der Waals surface area contributed by atoms with E-state index in [1.165, 1.54) is 24.9 Å². The molecule has 0 saturated carbocycles. The predicted octanol–water partition coefficient (Wildman–Crippen LogP) is 3.44. The van der Waals surface area contributed by atoms with E-state index in [4.69, 9.17) is 11.6 Å². The van der Waals surface area contributed by atoms with Crippen LogP contribution < -0.4 is 5.32 Å². The van der Waals surface area contributed by atoms with Gasteiger partial charge < -0.3 is 5.32 Å². The quantitative estimate of drug-likeness (QED) is 0.810. The summed E-state index contributed by atoms with van der Waals surface area (Å²) in [4.78, 5) is 0. The largest absolute Gasteiger partial charge is 0.316 e. The molecule has 2 rings (SSSR count). The van der Waals surface area contributed by atoms with Gasteiger partial charge in [0.2, 0.25) is 0 Å². The van der Waals surface area contributed by atoms with E-state index >= 15 is 0 Å². The summed E-state index contributed by atoms with van der Waals surface area (Å²) >= 11 is 5.89. The molecule has 0 bridgehead atoms. The van der Waals surface area contributed by atoms with Gasteiger partial charge in [-0.3, -0.25) is 0 Å². The lowest BCUT2D eigenvalue weighted by Gasteiger charge is -2.28. The van der Waals surface area contributed by atoms with Crippen LogP contribution in [0.15, 0.2) is 24.3 Å². The standard InChI is InChI=1S/C13H18ClN/c1-10(12-3-2-8-15-9-12)11-4-6-13(14)7-5-11/h4-7,10,12,15H,2-3,8-9H2,1H3. The minimum atomic E-state index is 0.634. The maximum absolute atomic E-state index is 5.89. The molecule has 1 N–H and O–H groups in total. The van der Waals surface area contributed by atoms with Crippen LogP contribution in [0.4, 0.5) is 0 Å². The fourth-order valence-electron chi connectivity index (χ4n) is 2.34. The van der Waals surface area contributed by atoms with Crippen molar-refractivity contribution in [1.29, 1.82) is 0 Å². The van der Waals surface area contributed by atoms with Crippen molar-refractivity contribution in [1.82, 2.24) is 5.32 Å². The minimum Gasteiger partial charge on any atom is -0.316 e. The molecule has 1 aromatic rings. The average molecular weight is 224 g/mol. The minimum absolute atomic E-state index is 0.634. The van der Waals surface area contributed by atoms with Crippen LogP contribution in [0, 0.1) is 5.92 Å². The zero-order valence-electron chi connectivity index (χ0n) is 9.17. The Morgan fingerprint density at radius 2 is 2.07 bits per heavy atom. The highest BCUT2D eigenvalue weighted by atomic mass is 35.5. The van der Waals surface area contributed by atoms with Crippen LogP contribution in [0.3, 0.4) is 0 Å². The fraction of sp³-hybridized carbons (Fsp3) is 0.538. The number of benzene rings is 1. The number of nitrogens with one attached hydrogen (secondary N) is 1. The summed E-state index contributed by atoms with van der Waals surface area (Å²) in [6.07, 6.45) is 2.65. The van der Waals surface area contributed by atoms with E-state index in [0.29, 0.717) is 5.92 Å². The number of hydrogen-bond donors (Lipinski definition) is 1. The Balaban J connectivity index is 2.05. The highest BCUT2D eigenvalue weighted by Crippen LogP contribution is 2.29. The molecule has 1 aromatic carbocycles. The lowest BCUT2D eigenvalue weighted by Crippen LogP contribution is -2.32. The smallest absolute Gasteiger partial charge is 0.0406 e. The van der Waals surface area contributed by atoms with E-state index < -0.39 is 0 Å². The SMILES string of the molecule is CC(c1ccc(Cl)cc1)C1CCCNC1. The monoisotopic (exact) mass is 223 g/mol. The first-order valence-electron chi connectivity index (χ1n) is 5.73. The van der Waals surface area contributed by atoms with Crippen molar-refractivity contribution < 1.29 is 0 Å². The van der Waals surface area contributed by atoms with Gasteiger partial charge >= 0.3 is 0 Å². The van der Waals surface area contributed by atoms with Crippen LogP contribution in [-0.4, -0.2) is 13.1 Å². The Morgan fingerprint density at radius 3 is 2.67 bits per heavy atom. The van der Waals surface area contributed by atoms with Gasteiger partial charge in [0, 0.05) is 5.02 Å². The third kappa shape index (κ3) is 2.73. The van der Waals surface area contributed by atoms with Crippen molar-refractivity contribution in [2.24, 2.45) is 5.92 Å². The molecule has 0 aliphatic carbocycles. The summed E-state index contributed by atoms with van der Waals surface area (Å²) in [6.45, 7) is 4.66. The first-order valence-corrected chi connectivity index (χ1v) is 6.11. The first kappa shape index (κ1) is 11.0. The molecule has 15 heavy (non-hydrogen) atoms. The Labute approximate surface area is 96.8 Å². The second-order valence-electron chi connectivity index (χ2n) is 4.45. The molecule has 2 unspecified atom stereocenters. The molecular formula is C13H18ClN. The fourth-order valence-corrected chi connectivity index (χ4v) is 2.47. The Kier molecular flexibility index (Phi) is 3.66. The van der Waals surface area contributed by atoms with Gasteiger partial charge in [0.1, 0.15) is 0 Å². The Bertz CT molecular complexity index is 301. The van der Waals surface area contributed by atoms with Crippen LogP contribution in [-0.2, 0) is 0 Å². The van der Waals surface area contributed by atoms with Gasteiger partial charge in [-0.25, -0.2) is 0 Å². The van der Waals surface area contributed by atoms with Gasteiger partial charge in [-0.15, -0.1) is 0 Å². The van der Waals surface area contributed by atoms with Gasteiger partial charge in [0.05, 0.1) is 0 Å². The van der Waals surface area contributed by atoms with E-state index in [9.17, 15) is 0 Å². The summed E-state index contributed by atoms with van der Waals surface area (Å²) in [7, 11) is 0. The van der Waals surface area contributed by atoms with E-state index in [1.54, 1.807) is 0 Å². The van der Waals surface area contributed by atoms with E-state index in [-0.39, 0.29) is 0 Å². The zero-order chi connectivity index (χ0) is 10.7. The van der Waals surface area contributed by atoms with Crippen molar-refractivity contribution in [2.45, 2.75) is 25.7 Å². The summed E-state index contributed by atoms with van der Waals surface area (Å²) in [6, 6.07) is 8.29. The molecule has 0 spiro atoms. The van der Waals surface area contributed by atoms with Crippen LogP contribution >= 0.6 is 11.6 Å². The molecule has 1 nitrogen and oxygen atoms in total. The summed E-state index contributed by atoms with van der Waals surface area (Å²) in [5.74, 6) is 1.41. The van der Waals surface area contributed by atoms with Crippen molar-refractivity contribution in [3.05, 3.63) is 34.9 Å². The lowest BCUT2D eigenvalue weighted by molar-refractivity contribution is 0.334. The van der Waals surface area contributed by atoms with Gasteiger partial charge in [-0.05, 0) is 55.5 Å².